The van der Waals surface area contributed by atoms with Gasteiger partial charge in [0.05, 0.1) is 48.1 Å². The number of rotatable bonds is 4. The predicted octanol–water partition coefficient (Wildman–Crippen LogP) is 9.84. The molecule has 0 saturated heterocycles. The Kier molecular flexibility index (Phi) is 9.96. The normalized spacial score (nSPS) is 16.8. The van der Waals surface area contributed by atoms with Crippen LogP contribution in [0.4, 0.5) is 0 Å². The van der Waals surface area contributed by atoms with E-state index in [1.807, 2.05) is 24.3 Å². The number of nitrogens with zero attached hydrogens (tertiary/aromatic N) is 6. The van der Waals surface area contributed by atoms with E-state index in [1.165, 1.54) is 106 Å². The highest BCUT2D eigenvalue weighted by Gasteiger charge is 2.31. The number of carbonyl (C=O) groups excluding carboxylic acids is 2. The molecule has 0 amide bonds. The smallest absolute Gasteiger partial charge is 0.337 e. The van der Waals surface area contributed by atoms with Crippen molar-refractivity contribution in [3.63, 3.8) is 0 Å². The van der Waals surface area contributed by atoms with Crippen LogP contribution in [0.25, 0.3) is 50.7 Å². The molecule has 2 fully saturated rings. The third-order valence-corrected chi connectivity index (χ3v) is 12.4. The van der Waals surface area contributed by atoms with E-state index in [-0.39, 0.29) is 11.9 Å². The van der Waals surface area contributed by atoms with Crippen LogP contribution in [-0.4, -0.2) is 55.2 Å². The highest BCUT2D eigenvalue weighted by Crippen LogP contribution is 2.47. The number of aromatic nitrogens is 6. The van der Waals surface area contributed by atoms with Gasteiger partial charge in [0.15, 0.2) is 0 Å². The second kappa shape index (κ2) is 15.5. The maximum Gasteiger partial charge on any atom is 0.337 e. The number of aryl methyl sites for hydroxylation is 2. The summed E-state index contributed by atoms with van der Waals surface area (Å²) in [4.78, 5) is 43.0. The first kappa shape index (κ1) is 36.0. The van der Waals surface area contributed by atoms with Crippen molar-refractivity contribution < 1.29 is 19.1 Å². The summed E-state index contributed by atoms with van der Waals surface area (Å²) in [6.07, 6.45) is 25.8. The molecule has 0 atom stereocenters. The van der Waals surface area contributed by atoms with Gasteiger partial charge in [-0.15, -0.1) is 0 Å². The topological polar surface area (TPSA) is 114 Å². The Morgan fingerprint density at radius 3 is 1.77 bits per heavy atom. The summed E-state index contributed by atoms with van der Waals surface area (Å²) >= 11 is 0. The Morgan fingerprint density at radius 2 is 1.16 bits per heavy atom. The van der Waals surface area contributed by atoms with E-state index in [9.17, 15) is 9.59 Å². The van der Waals surface area contributed by atoms with E-state index < -0.39 is 0 Å². The molecule has 0 radical (unpaired) electrons. The van der Waals surface area contributed by atoms with Crippen molar-refractivity contribution in [2.45, 2.75) is 102 Å². The molecule has 2 aromatic carbocycles. The first-order chi connectivity index (χ1) is 27.6. The highest BCUT2D eigenvalue weighted by atomic mass is 16.5. The lowest BCUT2D eigenvalue weighted by Crippen LogP contribution is -2.07. The SMILES string of the molecule is COC(=O)c1ccc2c(C3CCCCC3)c3n(c2c1)CC=Cc1nccnc1-3.COC(=O)c1ccc2c(C3CCCCC3)c3n(c2c1)CCCc1nccnc1-3. The first-order valence-corrected chi connectivity index (χ1v) is 20.3. The Bertz CT molecular complexity index is 2460. The minimum atomic E-state index is -0.305. The van der Waals surface area contributed by atoms with Crippen LogP contribution in [0.5, 0.6) is 0 Å². The third-order valence-electron chi connectivity index (χ3n) is 12.4. The van der Waals surface area contributed by atoms with Gasteiger partial charge >= 0.3 is 11.9 Å². The third kappa shape index (κ3) is 6.38. The van der Waals surface area contributed by atoms with Gasteiger partial charge in [-0.1, -0.05) is 56.7 Å². The molecule has 2 aliphatic heterocycles. The fraction of sp³-hybridized carbons (Fsp3) is 0.391. The summed E-state index contributed by atoms with van der Waals surface area (Å²) in [6.45, 7) is 1.66. The maximum atomic E-state index is 12.1. The van der Waals surface area contributed by atoms with Gasteiger partial charge < -0.3 is 18.6 Å². The number of methoxy groups -OCH3 is 2. The number of benzene rings is 2. The van der Waals surface area contributed by atoms with Gasteiger partial charge in [-0.3, -0.25) is 19.9 Å². The molecule has 56 heavy (non-hydrogen) atoms. The minimum absolute atomic E-state index is 0.287. The Labute approximate surface area is 327 Å². The van der Waals surface area contributed by atoms with Crippen LogP contribution < -0.4 is 0 Å². The summed E-state index contributed by atoms with van der Waals surface area (Å²) in [6, 6.07) is 12.0. The minimum Gasteiger partial charge on any atom is -0.465 e. The van der Waals surface area contributed by atoms with Crippen molar-refractivity contribution in [1.82, 2.24) is 29.1 Å². The molecule has 2 saturated carbocycles. The number of esters is 2. The van der Waals surface area contributed by atoms with E-state index in [1.54, 1.807) is 24.8 Å². The highest BCUT2D eigenvalue weighted by molar-refractivity contribution is 6.00. The van der Waals surface area contributed by atoms with Gasteiger partial charge in [-0.05, 0) is 91.8 Å². The van der Waals surface area contributed by atoms with E-state index in [0.29, 0.717) is 23.0 Å². The Balaban J connectivity index is 0.000000146. The van der Waals surface area contributed by atoms with Crippen LogP contribution >= 0.6 is 0 Å². The first-order valence-electron chi connectivity index (χ1n) is 20.3. The number of allylic oxidation sites excluding steroid dienone is 1. The van der Waals surface area contributed by atoms with E-state index >= 15 is 0 Å². The molecular formula is C46H48N6O4. The summed E-state index contributed by atoms with van der Waals surface area (Å²) < 4.78 is 14.6. The summed E-state index contributed by atoms with van der Waals surface area (Å²) in [5, 5.41) is 2.48. The second-order valence-corrected chi connectivity index (χ2v) is 15.6. The number of fused-ring (bicyclic) bond motifs is 10. The molecule has 0 bridgehead atoms. The van der Waals surface area contributed by atoms with Crippen LogP contribution in [0.3, 0.4) is 0 Å². The summed E-state index contributed by atoms with van der Waals surface area (Å²) in [5.41, 5.74) is 12.5. The predicted molar refractivity (Wildman–Crippen MR) is 218 cm³/mol. The van der Waals surface area contributed by atoms with Crippen molar-refractivity contribution in [2.24, 2.45) is 0 Å². The molecule has 6 aromatic rings. The molecule has 6 heterocycles. The van der Waals surface area contributed by atoms with E-state index in [0.717, 1.165) is 65.4 Å². The monoisotopic (exact) mass is 748 g/mol. The average molecular weight is 749 g/mol. The molecule has 0 unspecified atom stereocenters. The van der Waals surface area contributed by atoms with Crippen LogP contribution in [0, 0.1) is 0 Å². The van der Waals surface area contributed by atoms with Crippen molar-refractivity contribution in [1.29, 1.82) is 0 Å². The molecule has 286 valence electrons. The van der Waals surface area contributed by atoms with Gasteiger partial charge in [-0.25, -0.2) is 9.59 Å². The van der Waals surface area contributed by atoms with Gasteiger partial charge in [0.25, 0.3) is 0 Å². The van der Waals surface area contributed by atoms with Crippen molar-refractivity contribution in [3.05, 3.63) is 101 Å². The van der Waals surface area contributed by atoms with Crippen molar-refractivity contribution in [2.75, 3.05) is 14.2 Å². The van der Waals surface area contributed by atoms with E-state index in [2.05, 4.69) is 43.4 Å². The van der Waals surface area contributed by atoms with Crippen LogP contribution in [0.1, 0.15) is 126 Å². The van der Waals surface area contributed by atoms with Crippen LogP contribution in [-0.2, 0) is 29.0 Å². The molecule has 4 aromatic heterocycles. The zero-order valence-electron chi connectivity index (χ0n) is 32.3. The molecule has 0 spiro atoms. The molecule has 10 heteroatoms. The lowest BCUT2D eigenvalue weighted by Gasteiger charge is -2.23. The second-order valence-electron chi connectivity index (χ2n) is 15.6. The number of carbonyl (C=O) groups is 2. The average Bonchev–Trinajstić information content (AvgIpc) is 3.58. The van der Waals surface area contributed by atoms with Gasteiger partial charge in [0.2, 0.25) is 0 Å². The lowest BCUT2D eigenvalue weighted by molar-refractivity contribution is 0.0592. The zero-order valence-corrected chi connectivity index (χ0v) is 32.3. The molecule has 2 aliphatic carbocycles. The maximum absolute atomic E-state index is 12.1. The molecule has 0 N–H and O–H groups in total. The molecule has 10 rings (SSSR count). The lowest BCUT2D eigenvalue weighted by atomic mass is 9.82. The fourth-order valence-electron chi connectivity index (χ4n) is 9.86. The summed E-state index contributed by atoms with van der Waals surface area (Å²) in [7, 11) is 2.86. The quantitative estimate of drug-likeness (QED) is 0.164. The number of hydrogen-bond acceptors (Lipinski definition) is 8. The van der Waals surface area contributed by atoms with Crippen LogP contribution in [0.2, 0.25) is 0 Å². The van der Waals surface area contributed by atoms with E-state index in [4.69, 9.17) is 19.4 Å². The Hall–Kier alpha value is -5.64. The fourth-order valence-corrected chi connectivity index (χ4v) is 9.86. The Morgan fingerprint density at radius 1 is 0.625 bits per heavy atom. The van der Waals surface area contributed by atoms with Crippen molar-refractivity contribution in [3.8, 4) is 22.8 Å². The zero-order chi connectivity index (χ0) is 38.2. The van der Waals surface area contributed by atoms with Crippen molar-refractivity contribution >= 4 is 39.8 Å². The van der Waals surface area contributed by atoms with Crippen LogP contribution in [0.15, 0.2) is 67.3 Å². The largest absolute Gasteiger partial charge is 0.465 e. The van der Waals surface area contributed by atoms with Gasteiger partial charge in [-0.2, -0.15) is 0 Å². The molecule has 10 nitrogen and oxygen atoms in total. The number of ether oxygens (including phenoxy) is 2. The molecular weight excluding hydrogens is 701 g/mol. The summed E-state index contributed by atoms with van der Waals surface area (Å²) in [5.74, 6) is 0.473. The van der Waals surface area contributed by atoms with Gasteiger partial charge in [0, 0.05) is 59.7 Å². The number of hydrogen-bond donors (Lipinski definition) is 0. The van der Waals surface area contributed by atoms with Gasteiger partial charge in [0.1, 0.15) is 11.4 Å². The molecule has 4 aliphatic rings. The standard InChI is InChI=1S/C23H25N3O2.C23H23N3O2/c2*1-28-23(27)16-9-10-17-19(14-16)26-13-5-8-18-21(25-12-11-24-18)22(26)20(17)15-6-3-2-4-7-15/h9-12,14-15H,2-8,13H2,1H3;5,8-12,14-15H,2-4,6-7,13H2,1H3.